The van der Waals surface area contributed by atoms with Crippen LogP contribution in [0.2, 0.25) is 0 Å². The van der Waals surface area contributed by atoms with Crippen molar-refractivity contribution >= 4 is 37.2 Å². The Balaban J connectivity index is 0. The van der Waals surface area contributed by atoms with Gasteiger partial charge in [0.25, 0.3) is 0 Å². The van der Waals surface area contributed by atoms with Crippen LogP contribution in [0.3, 0.4) is 0 Å². The molecule has 0 amide bonds. The molecule has 0 aliphatic rings. The van der Waals surface area contributed by atoms with Crippen molar-refractivity contribution in [2.75, 3.05) is 0 Å². The average Bonchev–Trinajstić information content (AvgIpc) is 0. The fraction of sp³-hybridized carbons (Fsp3) is 0. The summed E-state index contributed by atoms with van der Waals surface area (Å²) in [6.45, 7) is 0. The van der Waals surface area contributed by atoms with Gasteiger partial charge in [0.1, 0.15) is 0 Å². The molecule has 0 fully saturated rings. The van der Waals surface area contributed by atoms with E-state index in [1.807, 2.05) is 0 Å². The second kappa shape index (κ2) is 80.2. The Morgan fingerprint density at radius 3 is 0.429 bits per heavy atom. The Labute approximate surface area is 93.8 Å². The SMILES string of the molecule is Cl.Cl.Cl.[Cl-].[Cl-].[Cl-].[Ir+3]. The standard InChI is InChI=1S/6ClH.Ir/h6*1H;/q;;;;;;+3/p-3. The van der Waals surface area contributed by atoms with Crippen LogP contribution in [0.15, 0.2) is 0 Å². The Morgan fingerprint density at radius 1 is 0.429 bits per heavy atom. The summed E-state index contributed by atoms with van der Waals surface area (Å²) in [6, 6.07) is 0. The molecule has 0 nitrogen and oxygen atoms in total. The van der Waals surface area contributed by atoms with Gasteiger partial charge in [-0.2, -0.15) is 0 Å². The molecule has 7 heteroatoms. The van der Waals surface area contributed by atoms with E-state index in [-0.39, 0.29) is 94.5 Å². The van der Waals surface area contributed by atoms with E-state index in [2.05, 4.69) is 0 Å². The fourth-order valence-corrected chi connectivity index (χ4v) is 0. The molecule has 0 N–H and O–H groups in total. The molecule has 0 rings (SSSR count). The van der Waals surface area contributed by atoms with Gasteiger partial charge in [0.2, 0.25) is 0 Å². The van der Waals surface area contributed by atoms with Crippen molar-refractivity contribution in [3.05, 3.63) is 0 Å². The molecule has 0 aliphatic heterocycles. The van der Waals surface area contributed by atoms with Gasteiger partial charge in [-0.25, -0.2) is 0 Å². The van der Waals surface area contributed by atoms with Crippen LogP contribution in [0, 0.1) is 0 Å². The van der Waals surface area contributed by atoms with E-state index >= 15 is 0 Å². The van der Waals surface area contributed by atoms with E-state index < -0.39 is 0 Å². The van der Waals surface area contributed by atoms with Crippen LogP contribution in [0.4, 0.5) is 0 Å². The first-order valence-electron chi connectivity index (χ1n) is 0. The average molecular weight is 408 g/mol. The molecule has 0 aliphatic carbocycles. The van der Waals surface area contributed by atoms with Gasteiger partial charge in [0.15, 0.2) is 0 Å². The topological polar surface area (TPSA) is 0 Å². The number of hydrogen-bond acceptors (Lipinski definition) is 0. The van der Waals surface area contributed by atoms with Gasteiger partial charge in [-0.1, -0.05) is 0 Å². The number of halogens is 6. The van der Waals surface area contributed by atoms with Gasteiger partial charge in [-0.3, -0.25) is 0 Å². The first-order valence-corrected chi connectivity index (χ1v) is 0. The molecule has 0 bridgehead atoms. The maximum Gasteiger partial charge on any atom is 3.00 e. The first-order chi connectivity index (χ1) is 0. The molecule has 0 unspecified atom stereocenters. The minimum absolute atomic E-state index is 0. The molecule has 0 aromatic rings. The van der Waals surface area contributed by atoms with Crippen LogP contribution < -0.4 is 37.2 Å². The molecule has 7 heavy (non-hydrogen) atoms. The van der Waals surface area contributed by atoms with Crippen LogP contribution in [-0.4, -0.2) is 0 Å². The molecule has 0 saturated heterocycles. The Bertz CT molecular complexity index is 4.14. The van der Waals surface area contributed by atoms with Crippen molar-refractivity contribution in [2.24, 2.45) is 0 Å². The third-order valence-corrected chi connectivity index (χ3v) is 0. The summed E-state index contributed by atoms with van der Waals surface area (Å²) in [6.07, 6.45) is 0. The van der Waals surface area contributed by atoms with Crippen molar-refractivity contribution in [1.82, 2.24) is 0 Å². The van der Waals surface area contributed by atoms with E-state index in [1.165, 1.54) is 0 Å². The van der Waals surface area contributed by atoms with Crippen LogP contribution in [0.5, 0.6) is 0 Å². The molecular weight excluding hydrogens is 405 g/mol. The van der Waals surface area contributed by atoms with Gasteiger partial charge in [0, 0.05) is 0 Å². The minimum Gasteiger partial charge on any atom is -1.00 e. The van der Waals surface area contributed by atoms with Crippen molar-refractivity contribution in [3.63, 3.8) is 0 Å². The molecule has 0 radical (unpaired) electrons. The van der Waals surface area contributed by atoms with Crippen molar-refractivity contribution in [2.45, 2.75) is 0 Å². The number of rotatable bonds is 0. The molecule has 54 valence electrons. The summed E-state index contributed by atoms with van der Waals surface area (Å²) in [5.74, 6) is 0. The van der Waals surface area contributed by atoms with Gasteiger partial charge in [0.05, 0.1) is 0 Å². The molecule has 0 saturated carbocycles. The van der Waals surface area contributed by atoms with Crippen LogP contribution in [0.1, 0.15) is 0 Å². The zero-order valence-corrected chi connectivity index (χ0v) is 9.80. The molecule has 0 spiro atoms. The van der Waals surface area contributed by atoms with E-state index in [0.717, 1.165) is 0 Å². The minimum atomic E-state index is 0. The fourth-order valence-electron chi connectivity index (χ4n) is 0. The normalized spacial score (nSPS) is 0. The van der Waals surface area contributed by atoms with E-state index in [1.54, 1.807) is 0 Å². The van der Waals surface area contributed by atoms with Crippen molar-refractivity contribution in [3.8, 4) is 0 Å². The summed E-state index contributed by atoms with van der Waals surface area (Å²) >= 11 is 0. The van der Waals surface area contributed by atoms with Crippen LogP contribution in [0.25, 0.3) is 0 Å². The predicted octanol–water partition coefficient (Wildman–Crippen LogP) is -7.73. The van der Waals surface area contributed by atoms with E-state index in [9.17, 15) is 0 Å². The third kappa shape index (κ3) is 60.0. The second-order valence-electron chi connectivity index (χ2n) is 0. The Hall–Kier alpha value is 2.39. The van der Waals surface area contributed by atoms with E-state index in [0.29, 0.717) is 0 Å². The second-order valence-corrected chi connectivity index (χ2v) is 0. The largest absolute Gasteiger partial charge is 3.00 e. The maximum atomic E-state index is 0. The van der Waals surface area contributed by atoms with Gasteiger partial charge in [-0.05, 0) is 0 Å². The smallest absolute Gasteiger partial charge is 1.00 e. The van der Waals surface area contributed by atoms with Crippen molar-refractivity contribution < 1.29 is 57.3 Å². The third-order valence-electron chi connectivity index (χ3n) is 0. The summed E-state index contributed by atoms with van der Waals surface area (Å²) < 4.78 is 0. The summed E-state index contributed by atoms with van der Waals surface area (Å²) in [5.41, 5.74) is 0. The molecule has 0 aromatic heterocycles. The zero-order chi connectivity index (χ0) is 0. The number of hydrogen-bond donors (Lipinski definition) is 0. The zero-order valence-electron chi connectivity index (χ0n) is 2.69. The Kier molecular flexibility index (Phi) is 1330. The Morgan fingerprint density at radius 2 is 0.429 bits per heavy atom. The summed E-state index contributed by atoms with van der Waals surface area (Å²) in [4.78, 5) is 0. The molecule has 0 atom stereocenters. The van der Waals surface area contributed by atoms with Crippen LogP contribution >= 0.6 is 37.2 Å². The molecule has 0 heterocycles. The molecular formula is H3Cl6Ir. The van der Waals surface area contributed by atoms with Gasteiger partial charge >= 0.3 is 20.1 Å². The molecule has 0 aromatic carbocycles. The first kappa shape index (κ1) is 116. The van der Waals surface area contributed by atoms with E-state index in [4.69, 9.17) is 0 Å². The van der Waals surface area contributed by atoms with Crippen LogP contribution in [-0.2, 0) is 20.1 Å². The summed E-state index contributed by atoms with van der Waals surface area (Å²) in [7, 11) is 0. The quantitative estimate of drug-likeness (QED) is 0.374. The van der Waals surface area contributed by atoms with Gasteiger partial charge < -0.3 is 37.2 Å². The monoisotopic (exact) mass is 406 g/mol. The van der Waals surface area contributed by atoms with Crippen molar-refractivity contribution in [1.29, 1.82) is 0 Å². The summed E-state index contributed by atoms with van der Waals surface area (Å²) in [5, 5.41) is 0. The van der Waals surface area contributed by atoms with Gasteiger partial charge in [-0.15, -0.1) is 37.2 Å². The maximum absolute atomic E-state index is 0. The predicted molar refractivity (Wildman–Crippen MR) is 21.7 cm³/mol.